The van der Waals surface area contributed by atoms with Crippen molar-refractivity contribution in [2.75, 3.05) is 23.3 Å². The van der Waals surface area contributed by atoms with Crippen LogP contribution < -0.4 is 15.0 Å². The lowest BCUT2D eigenvalue weighted by molar-refractivity contribution is -0.130. The number of oxazole rings is 1. The topological polar surface area (TPSA) is 87.8 Å². The highest BCUT2D eigenvalue weighted by Crippen LogP contribution is 2.53. The number of alkyl halides is 3. The highest BCUT2D eigenvalue weighted by atomic mass is 19.4. The van der Waals surface area contributed by atoms with Crippen molar-refractivity contribution in [3.05, 3.63) is 29.7 Å². The molecule has 35 heavy (non-hydrogen) atoms. The molecule has 2 aliphatic carbocycles. The maximum absolute atomic E-state index is 13.2. The quantitative estimate of drug-likeness (QED) is 0.502. The van der Waals surface area contributed by atoms with Gasteiger partial charge in [-0.1, -0.05) is 13.8 Å². The summed E-state index contributed by atoms with van der Waals surface area (Å²) < 4.78 is 50.8. The summed E-state index contributed by atoms with van der Waals surface area (Å²) >= 11 is 0. The van der Waals surface area contributed by atoms with Gasteiger partial charge in [0.2, 0.25) is 0 Å². The molecule has 2 atom stereocenters. The van der Waals surface area contributed by atoms with Crippen LogP contribution in [-0.2, 0) is 6.42 Å². The van der Waals surface area contributed by atoms with Crippen molar-refractivity contribution in [2.45, 2.75) is 64.7 Å². The number of ether oxygens (including phenoxy) is 1. The average molecular weight is 494 g/mol. The van der Waals surface area contributed by atoms with Gasteiger partial charge in [-0.15, -0.1) is 0 Å². The normalized spacial score (nSPS) is 24.6. The van der Waals surface area contributed by atoms with Crippen molar-refractivity contribution >= 4 is 17.6 Å². The summed E-state index contributed by atoms with van der Waals surface area (Å²) in [5, 5.41) is 12.9. The number of carbonyl (C=O) groups excluding carboxylic acids is 1. The van der Waals surface area contributed by atoms with E-state index in [1.807, 2.05) is 0 Å². The molecule has 1 aromatic carbocycles. The van der Waals surface area contributed by atoms with Crippen LogP contribution in [0.25, 0.3) is 0 Å². The van der Waals surface area contributed by atoms with Crippen LogP contribution in [0.2, 0.25) is 0 Å². The summed E-state index contributed by atoms with van der Waals surface area (Å²) in [7, 11) is 0. The first-order valence-corrected chi connectivity index (χ1v) is 12.2. The highest BCUT2D eigenvalue weighted by molar-refractivity contribution is 6.04. The summed E-state index contributed by atoms with van der Waals surface area (Å²) in [6.07, 6.45) is -0.790. The standard InChI is InChI=1S/C25H30F3N3O4/c1-3-24(4-2)12-31(13-24)23-30-21(20(35-23)11-25(26,27)28)22(33)29-16-5-6-19(18(32)10-16)34-17-8-14-7-15(14)9-17/h5-6,10,14-15,17,32H,3-4,7-9,11-13H2,1-2H3,(H,29,33). The Hall–Kier alpha value is -2.91. The Bertz CT molecular complexity index is 1090. The number of nitrogens with zero attached hydrogens (tertiary/aromatic N) is 2. The van der Waals surface area contributed by atoms with E-state index in [1.165, 1.54) is 12.5 Å². The van der Waals surface area contributed by atoms with Gasteiger partial charge in [0, 0.05) is 30.3 Å². The number of fused-ring (bicyclic) bond motifs is 1. The van der Waals surface area contributed by atoms with Gasteiger partial charge in [0.05, 0.1) is 6.10 Å². The minimum Gasteiger partial charge on any atom is -0.504 e. The molecular formula is C25H30F3N3O4. The zero-order valence-electron chi connectivity index (χ0n) is 19.8. The van der Waals surface area contributed by atoms with E-state index in [9.17, 15) is 23.1 Å². The van der Waals surface area contributed by atoms with Gasteiger partial charge in [-0.25, -0.2) is 0 Å². The van der Waals surface area contributed by atoms with Crippen molar-refractivity contribution in [1.29, 1.82) is 0 Å². The number of halogens is 3. The number of aromatic hydroxyl groups is 1. The van der Waals surface area contributed by atoms with Crippen LogP contribution in [0.4, 0.5) is 24.9 Å². The van der Waals surface area contributed by atoms with Crippen molar-refractivity contribution in [3.63, 3.8) is 0 Å². The van der Waals surface area contributed by atoms with Crippen LogP contribution in [-0.4, -0.2) is 41.4 Å². The Labute approximate surface area is 201 Å². The number of aromatic nitrogens is 1. The van der Waals surface area contributed by atoms with Crippen LogP contribution in [0.3, 0.4) is 0 Å². The van der Waals surface area contributed by atoms with E-state index in [2.05, 4.69) is 24.1 Å². The Balaban J connectivity index is 1.29. The van der Waals surface area contributed by atoms with Crippen LogP contribution in [0, 0.1) is 17.3 Å². The van der Waals surface area contributed by atoms with Crippen LogP contribution in [0.5, 0.6) is 11.5 Å². The lowest BCUT2D eigenvalue weighted by Gasteiger charge is -2.49. The molecule has 1 saturated heterocycles. The van der Waals surface area contributed by atoms with Crippen molar-refractivity contribution in [1.82, 2.24) is 4.98 Å². The number of phenols is 1. The summed E-state index contributed by atoms with van der Waals surface area (Å²) in [6, 6.07) is 4.43. The molecule has 2 saturated carbocycles. The van der Waals surface area contributed by atoms with Gasteiger partial charge in [0.1, 0.15) is 12.2 Å². The molecule has 3 fully saturated rings. The number of amides is 1. The zero-order valence-corrected chi connectivity index (χ0v) is 19.8. The van der Waals surface area contributed by atoms with Gasteiger partial charge in [0.15, 0.2) is 17.2 Å². The Morgan fingerprint density at radius 2 is 1.91 bits per heavy atom. The van der Waals surface area contributed by atoms with Crippen molar-refractivity contribution in [2.24, 2.45) is 17.3 Å². The molecule has 7 nitrogen and oxygen atoms in total. The molecule has 3 aliphatic rings. The third-order valence-corrected chi connectivity index (χ3v) is 7.80. The fourth-order valence-electron chi connectivity index (χ4n) is 5.37. The van der Waals surface area contributed by atoms with Gasteiger partial charge >= 0.3 is 6.18 Å². The summed E-state index contributed by atoms with van der Waals surface area (Å²) in [5.74, 6) is 0.284. The van der Waals surface area contributed by atoms with E-state index in [1.54, 1.807) is 17.0 Å². The molecule has 2 N–H and O–H groups in total. The number of rotatable bonds is 8. The van der Waals surface area contributed by atoms with Gasteiger partial charge < -0.3 is 24.5 Å². The van der Waals surface area contributed by atoms with E-state index < -0.39 is 30.0 Å². The summed E-state index contributed by atoms with van der Waals surface area (Å²) in [5.41, 5.74) is -0.106. The van der Waals surface area contributed by atoms with Crippen LogP contribution in [0.1, 0.15) is 62.2 Å². The maximum Gasteiger partial charge on any atom is 0.396 e. The van der Waals surface area contributed by atoms with Crippen LogP contribution in [0.15, 0.2) is 22.6 Å². The third kappa shape index (κ3) is 4.92. The molecule has 5 rings (SSSR count). The fraction of sp³-hybridized carbons (Fsp3) is 0.600. The molecule has 1 amide bonds. The molecule has 2 heterocycles. The monoisotopic (exact) mass is 493 g/mol. The Kier molecular flexibility index (Phi) is 5.88. The number of carbonyl (C=O) groups is 1. The second-order valence-corrected chi connectivity index (χ2v) is 10.2. The van der Waals surface area contributed by atoms with E-state index in [-0.39, 0.29) is 29.0 Å². The van der Waals surface area contributed by atoms with E-state index in [0.29, 0.717) is 18.8 Å². The Morgan fingerprint density at radius 3 is 2.51 bits per heavy atom. The number of benzene rings is 1. The zero-order chi connectivity index (χ0) is 25.0. The minimum absolute atomic E-state index is 0.0214. The van der Waals surface area contributed by atoms with E-state index in [4.69, 9.17) is 9.15 Å². The predicted octanol–water partition coefficient (Wildman–Crippen LogP) is 5.54. The van der Waals surface area contributed by atoms with Gasteiger partial charge in [-0.3, -0.25) is 4.79 Å². The molecule has 0 bridgehead atoms. The number of nitrogens with one attached hydrogen (secondary N) is 1. The highest BCUT2D eigenvalue weighted by Gasteiger charge is 2.47. The second kappa shape index (κ2) is 8.64. The van der Waals surface area contributed by atoms with Gasteiger partial charge in [-0.05, 0) is 56.1 Å². The minimum atomic E-state index is -4.56. The summed E-state index contributed by atoms with van der Waals surface area (Å²) in [6.45, 7) is 5.38. The van der Waals surface area contributed by atoms with Gasteiger partial charge in [-0.2, -0.15) is 18.2 Å². The SMILES string of the molecule is CCC1(CC)CN(c2nc(C(=O)Nc3ccc(OC4CC5CC5C4)c(O)c3)c(CC(F)(F)F)o2)C1. The molecule has 0 spiro atoms. The largest absolute Gasteiger partial charge is 0.504 e. The molecule has 2 aromatic rings. The van der Waals surface area contributed by atoms with Crippen molar-refractivity contribution < 1.29 is 32.2 Å². The lowest BCUT2D eigenvalue weighted by Crippen LogP contribution is -2.56. The van der Waals surface area contributed by atoms with Gasteiger partial charge in [0.25, 0.3) is 11.9 Å². The molecule has 1 aromatic heterocycles. The molecule has 2 unspecified atom stereocenters. The molecule has 1 aliphatic heterocycles. The number of anilines is 2. The van der Waals surface area contributed by atoms with Crippen molar-refractivity contribution in [3.8, 4) is 11.5 Å². The van der Waals surface area contributed by atoms with E-state index >= 15 is 0 Å². The first kappa shape index (κ1) is 23.8. The number of hydrogen-bond acceptors (Lipinski definition) is 6. The van der Waals surface area contributed by atoms with Crippen LogP contribution >= 0.6 is 0 Å². The third-order valence-electron chi connectivity index (χ3n) is 7.80. The molecular weight excluding hydrogens is 463 g/mol. The maximum atomic E-state index is 13.2. The Morgan fingerprint density at radius 1 is 1.23 bits per heavy atom. The van der Waals surface area contributed by atoms with E-state index in [0.717, 1.165) is 37.5 Å². The smallest absolute Gasteiger partial charge is 0.396 e. The first-order valence-electron chi connectivity index (χ1n) is 12.2. The first-order chi connectivity index (χ1) is 16.6. The molecule has 190 valence electrons. The second-order valence-electron chi connectivity index (χ2n) is 10.2. The summed E-state index contributed by atoms with van der Waals surface area (Å²) in [4.78, 5) is 18.8. The molecule has 10 heteroatoms. The predicted molar refractivity (Wildman–Crippen MR) is 123 cm³/mol. The number of phenolic OH excluding ortho intramolecular Hbond substituents is 1. The lowest BCUT2D eigenvalue weighted by atomic mass is 9.75. The molecule has 0 radical (unpaired) electrons. The number of hydrogen-bond donors (Lipinski definition) is 2. The fourth-order valence-corrected chi connectivity index (χ4v) is 5.37. The average Bonchev–Trinajstić information content (AvgIpc) is 3.17.